The molecule has 1 aromatic heterocycles. The minimum Gasteiger partial charge on any atom is -0.312 e. The highest BCUT2D eigenvalue weighted by Gasteiger charge is 2.31. The minimum absolute atomic E-state index is 0.371. The fourth-order valence-corrected chi connectivity index (χ4v) is 4.13. The van der Waals surface area contributed by atoms with Crippen LogP contribution in [0.1, 0.15) is 76.0 Å². The summed E-state index contributed by atoms with van der Waals surface area (Å²) in [7, 11) is 2.00. The number of hydrogen-bond acceptors (Lipinski definition) is 3. The van der Waals surface area contributed by atoms with Crippen LogP contribution < -0.4 is 5.32 Å². The van der Waals surface area contributed by atoms with Crippen LogP contribution >= 0.6 is 11.3 Å². The van der Waals surface area contributed by atoms with Crippen molar-refractivity contribution in [2.24, 2.45) is 11.3 Å². The molecule has 2 nitrogen and oxygen atoms in total. The second-order valence-corrected chi connectivity index (χ2v) is 7.93. The SMILES string of the molecule is CNC(C)c1csc(C2CCC(C(C)(C)C)CC2)n1. The van der Waals surface area contributed by atoms with Gasteiger partial charge < -0.3 is 5.32 Å². The van der Waals surface area contributed by atoms with E-state index in [1.165, 1.54) is 36.4 Å². The zero-order valence-electron chi connectivity index (χ0n) is 13.0. The molecule has 1 unspecified atom stereocenters. The topological polar surface area (TPSA) is 24.9 Å². The summed E-state index contributed by atoms with van der Waals surface area (Å²) in [6.07, 6.45) is 5.38. The summed E-state index contributed by atoms with van der Waals surface area (Å²) in [5, 5.41) is 6.86. The van der Waals surface area contributed by atoms with Crippen molar-refractivity contribution in [1.82, 2.24) is 10.3 Å². The lowest BCUT2D eigenvalue weighted by Gasteiger charge is -2.36. The Morgan fingerprint density at radius 2 is 1.89 bits per heavy atom. The maximum absolute atomic E-state index is 4.85. The highest BCUT2D eigenvalue weighted by Crippen LogP contribution is 2.43. The van der Waals surface area contributed by atoms with E-state index in [0.29, 0.717) is 17.4 Å². The van der Waals surface area contributed by atoms with Crippen LogP contribution in [0.4, 0.5) is 0 Å². The van der Waals surface area contributed by atoms with Gasteiger partial charge in [-0.1, -0.05) is 20.8 Å². The Balaban J connectivity index is 1.96. The molecule has 0 saturated heterocycles. The minimum atomic E-state index is 0.371. The summed E-state index contributed by atoms with van der Waals surface area (Å²) < 4.78 is 0. The van der Waals surface area contributed by atoms with Crippen molar-refractivity contribution in [1.29, 1.82) is 0 Å². The molecule has 19 heavy (non-hydrogen) atoms. The van der Waals surface area contributed by atoms with Crippen LogP contribution in [-0.4, -0.2) is 12.0 Å². The largest absolute Gasteiger partial charge is 0.312 e. The monoisotopic (exact) mass is 280 g/mol. The van der Waals surface area contributed by atoms with E-state index in [0.717, 1.165) is 5.92 Å². The van der Waals surface area contributed by atoms with E-state index in [9.17, 15) is 0 Å². The van der Waals surface area contributed by atoms with Crippen LogP contribution in [0.5, 0.6) is 0 Å². The molecule has 1 heterocycles. The third kappa shape index (κ3) is 3.57. The smallest absolute Gasteiger partial charge is 0.0959 e. The van der Waals surface area contributed by atoms with Crippen LogP contribution in [-0.2, 0) is 0 Å². The summed E-state index contributed by atoms with van der Waals surface area (Å²) in [6.45, 7) is 9.33. The van der Waals surface area contributed by atoms with Crippen molar-refractivity contribution in [3.8, 4) is 0 Å². The number of nitrogens with one attached hydrogen (secondary N) is 1. The fourth-order valence-electron chi connectivity index (χ4n) is 3.04. The van der Waals surface area contributed by atoms with E-state index in [-0.39, 0.29) is 0 Å². The molecule has 1 aliphatic rings. The maximum atomic E-state index is 4.85. The third-order valence-corrected chi connectivity index (χ3v) is 5.74. The Kier molecular flexibility index (Phi) is 4.67. The Morgan fingerprint density at radius 1 is 1.26 bits per heavy atom. The number of hydrogen-bond donors (Lipinski definition) is 1. The number of rotatable bonds is 3. The molecule has 1 atom stereocenters. The lowest BCUT2D eigenvalue weighted by molar-refractivity contribution is 0.169. The van der Waals surface area contributed by atoms with Crippen molar-refractivity contribution in [2.45, 2.75) is 65.3 Å². The van der Waals surface area contributed by atoms with E-state index in [1.54, 1.807) is 0 Å². The van der Waals surface area contributed by atoms with Gasteiger partial charge in [0, 0.05) is 17.3 Å². The number of nitrogens with zero attached hydrogens (tertiary/aromatic N) is 1. The quantitative estimate of drug-likeness (QED) is 0.864. The molecule has 1 saturated carbocycles. The third-order valence-electron chi connectivity index (χ3n) is 4.72. The van der Waals surface area contributed by atoms with Crippen LogP contribution in [0.2, 0.25) is 0 Å². The maximum Gasteiger partial charge on any atom is 0.0959 e. The van der Waals surface area contributed by atoms with Gasteiger partial charge in [-0.3, -0.25) is 0 Å². The van der Waals surface area contributed by atoms with E-state index < -0.39 is 0 Å². The molecule has 0 aromatic carbocycles. The molecule has 108 valence electrons. The highest BCUT2D eigenvalue weighted by molar-refractivity contribution is 7.09. The predicted molar refractivity (Wildman–Crippen MR) is 83.7 cm³/mol. The summed E-state index contributed by atoms with van der Waals surface area (Å²) in [5.41, 5.74) is 1.68. The Labute approximate surface area is 122 Å². The van der Waals surface area contributed by atoms with E-state index in [1.807, 2.05) is 18.4 Å². The van der Waals surface area contributed by atoms with Crippen LogP contribution in [0.3, 0.4) is 0 Å². The van der Waals surface area contributed by atoms with Crippen LogP contribution in [0, 0.1) is 11.3 Å². The molecule has 1 fully saturated rings. The average molecular weight is 280 g/mol. The van der Waals surface area contributed by atoms with Gasteiger partial charge in [0.2, 0.25) is 0 Å². The Bertz CT molecular complexity index is 397. The van der Waals surface area contributed by atoms with Gasteiger partial charge >= 0.3 is 0 Å². The summed E-state index contributed by atoms with van der Waals surface area (Å²) in [6, 6.07) is 0.371. The molecule has 3 heteroatoms. The van der Waals surface area contributed by atoms with Crippen molar-refractivity contribution in [3.63, 3.8) is 0 Å². The summed E-state index contributed by atoms with van der Waals surface area (Å²) in [4.78, 5) is 4.85. The molecule has 1 aliphatic carbocycles. The Hall–Kier alpha value is -0.410. The number of thiazole rings is 1. The first-order valence-electron chi connectivity index (χ1n) is 7.54. The molecule has 2 rings (SSSR count). The zero-order valence-corrected chi connectivity index (χ0v) is 13.8. The van der Waals surface area contributed by atoms with Crippen LogP contribution in [0.15, 0.2) is 5.38 Å². The predicted octanol–water partition coefficient (Wildman–Crippen LogP) is 4.74. The molecule has 0 amide bonds. The second kappa shape index (κ2) is 5.92. The lowest BCUT2D eigenvalue weighted by atomic mass is 9.70. The van der Waals surface area contributed by atoms with Crippen molar-refractivity contribution >= 4 is 11.3 Å². The lowest BCUT2D eigenvalue weighted by Crippen LogP contribution is -2.25. The molecule has 1 aromatic rings. The summed E-state index contributed by atoms with van der Waals surface area (Å²) >= 11 is 1.86. The van der Waals surface area contributed by atoms with E-state index in [4.69, 9.17) is 4.98 Å². The van der Waals surface area contributed by atoms with Gasteiger partial charge in [-0.15, -0.1) is 11.3 Å². The zero-order chi connectivity index (χ0) is 14.0. The van der Waals surface area contributed by atoms with Gasteiger partial charge in [0.15, 0.2) is 0 Å². The molecular weight excluding hydrogens is 252 g/mol. The van der Waals surface area contributed by atoms with Gasteiger partial charge in [-0.25, -0.2) is 4.98 Å². The van der Waals surface area contributed by atoms with E-state index >= 15 is 0 Å². The summed E-state index contributed by atoms with van der Waals surface area (Å²) in [5.74, 6) is 1.60. The standard InChI is InChI=1S/C16H28N2S/c1-11(17-5)14-10-19-15(18-14)12-6-8-13(9-7-12)16(2,3)4/h10-13,17H,6-9H2,1-5H3. The molecule has 0 radical (unpaired) electrons. The van der Waals surface area contributed by atoms with Crippen LogP contribution in [0.25, 0.3) is 0 Å². The molecule has 1 N–H and O–H groups in total. The van der Waals surface area contributed by atoms with Gasteiger partial charge in [0.05, 0.1) is 10.7 Å². The van der Waals surface area contributed by atoms with Crippen molar-refractivity contribution in [3.05, 3.63) is 16.1 Å². The average Bonchev–Trinajstić information content (AvgIpc) is 2.86. The normalized spacial score (nSPS) is 26.4. The molecule has 0 bridgehead atoms. The number of aromatic nitrogens is 1. The highest BCUT2D eigenvalue weighted by atomic mass is 32.1. The first-order valence-corrected chi connectivity index (χ1v) is 8.42. The second-order valence-electron chi connectivity index (χ2n) is 7.04. The molecule has 0 aliphatic heterocycles. The van der Waals surface area contributed by atoms with Gasteiger partial charge in [0.1, 0.15) is 0 Å². The molecule has 0 spiro atoms. The Morgan fingerprint density at radius 3 is 2.42 bits per heavy atom. The van der Waals surface area contributed by atoms with Gasteiger partial charge in [0.25, 0.3) is 0 Å². The van der Waals surface area contributed by atoms with Gasteiger partial charge in [-0.2, -0.15) is 0 Å². The van der Waals surface area contributed by atoms with E-state index in [2.05, 4.69) is 38.4 Å². The molecular formula is C16H28N2S. The van der Waals surface area contributed by atoms with Crippen molar-refractivity contribution < 1.29 is 0 Å². The first kappa shape index (κ1) is 15.0. The van der Waals surface area contributed by atoms with Gasteiger partial charge in [-0.05, 0) is 51.0 Å². The first-order chi connectivity index (χ1) is 8.91. The fraction of sp³-hybridized carbons (Fsp3) is 0.812. The van der Waals surface area contributed by atoms with Crippen molar-refractivity contribution in [2.75, 3.05) is 7.05 Å².